The Hall–Kier alpha value is -1.72. The molecule has 1 fully saturated rings. The van der Waals surface area contributed by atoms with Gasteiger partial charge in [-0.3, -0.25) is 4.90 Å². The zero-order valence-electron chi connectivity index (χ0n) is 10.9. The van der Waals surface area contributed by atoms with Crippen molar-refractivity contribution in [2.75, 3.05) is 13.1 Å². The molecule has 3 nitrogen and oxygen atoms in total. The molecule has 2 aromatic rings. The van der Waals surface area contributed by atoms with E-state index in [0.717, 1.165) is 13.0 Å². The van der Waals surface area contributed by atoms with Gasteiger partial charge in [0.1, 0.15) is 23.2 Å². The van der Waals surface area contributed by atoms with Gasteiger partial charge < -0.3 is 9.52 Å². The first kappa shape index (κ1) is 13.3. The molecule has 1 aromatic heterocycles. The molecule has 20 heavy (non-hydrogen) atoms. The van der Waals surface area contributed by atoms with Gasteiger partial charge in [0.05, 0.1) is 18.2 Å². The number of hydrogen-bond donors (Lipinski definition) is 1. The van der Waals surface area contributed by atoms with Crippen LogP contribution in [0.25, 0.3) is 11.3 Å². The molecule has 0 bridgehead atoms. The lowest BCUT2D eigenvalue weighted by molar-refractivity contribution is 0.172. The van der Waals surface area contributed by atoms with Crippen LogP contribution in [-0.2, 0) is 6.54 Å². The number of rotatable bonds is 3. The van der Waals surface area contributed by atoms with Crippen LogP contribution >= 0.6 is 0 Å². The van der Waals surface area contributed by atoms with Crippen molar-refractivity contribution in [1.29, 1.82) is 0 Å². The van der Waals surface area contributed by atoms with Gasteiger partial charge in [0, 0.05) is 13.1 Å². The summed E-state index contributed by atoms with van der Waals surface area (Å²) in [4.78, 5) is 2.05. The van der Waals surface area contributed by atoms with E-state index < -0.39 is 11.6 Å². The average molecular weight is 279 g/mol. The SMILES string of the molecule is O[C@H]1CCN(Cc2ccc(-c3c(F)cccc3F)o2)C1. The highest BCUT2D eigenvalue weighted by atomic mass is 19.1. The van der Waals surface area contributed by atoms with Gasteiger partial charge in [-0.15, -0.1) is 0 Å². The first-order valence-corrected chi connectivity index (χ1v) is 6.57. The summed E-state index contributed by atoms with van der Waals surface area (Å²) in [5, 5.41) is 9.46. The molecule has 106 valence electrons. The Morgan fingerprint density at radius 3 is 2.60 bits per heavy atom. The summed E-state index contributed by atoms with van der Waals surface area (Å²) in [6.45, 7) is 1.93. The van der Waals surface area contributed by atoms with Gasteiger partial charge in [0.15, 0.2) is 0 Å². The Balaban J connectivity index is 1.80. The maximum absolute atomic E-state index is 13.7. The second-order valence-electron chi connectivity index (χ2n) is 5.04. The number of benzene rings is 1. The van der Waals surface area contributed by atoms with Crippen LogP contribution in [0.15, 0.2) is 34.7 Å². The van der Waals surface area contributed by atoms with Crippen LogP contribution in [0.4, 0.5) is 8.78 Å². The molecule has 5 heteroatoms. The third-order valence-electron chi connectivity index (χ3n) is 3.50. The van der Waals surface area contributed by atoms with E-state index >= 15 is 0 Å². The van der Waals surface area contributed by atoms with Gasteiger partial charge in [-0.1, -0.05) is 6.07 Å². The maximum atomic E-state index is 13.7. The molecule has 0 amide bonds. The van der Waals surface area contributed by atoms with Crippen molar-refractivity contribution in [3.8, 4) is 11.3 Å². The van der Waals surface area contributed by atoms with Crippen LogP contribution in [0.2, 0.25) is 0 Å². The van der Waals surface area contributed by atoms with Crippen LogP contribution in [0.3, 0.4) is 0 Å². The summed E-state index contributed by atoms with van der Waals surface area (Å²) < 4.78 is 32.8. The van der Waals surface area contributed by atoms with Crippen molar-refractivity contribution in [2.24, 2.45) is 0 Å². The molecule has 0 saturated carbocycles. The summed E-state index contributed by atoms with van der Waals surface area (Å²) in [6.07, 6.45) is 0.448. The summed E-state index contributed by atoms with van der Waals surface area (Å²) >= 11 is 0. The lowest BCUT2D eigenvalue weighted by Crippen LogP contribution is -2.21. The van der Waals surface area contributed by atoms with Crippen LogP contribution in [0, 0.1) is 11.6 Å². The molecule has 1 aliphatic heterocycles. The van der Waals surface area contributed by atoms with Crippen LogP contribution in [-0.4, -0.2) is 29.2 Å². The fraction of sp³-hybridized carbons (Fsp3) is 0.333. The van der Waals surface area contributed by atoms with Gasteiger partial charge in [-0.2, -0.15) is 0 Å². The predicted molar refractivity (Wildman–Crippen MR) is 70.0 cm³/mol. The number of likely N-dealkylation sites (tertiary alicyclic amines) is 1. The number of hydrogen-bond acceptors (Lipinski definition) is 3. The van der Waals surface area contributed by atoms with E-state index in [1.807, 2.05) is 4.90 Å². The molecular weight excluding hydrogens is 264 g/mol. The van der Waals surface area contributed by atoms with Crippen molar-refractivity contribution in [1.82, 2.24) is 4.90 Å². The third-order valence-corrected chi connectivity index (χ3v) is 3.50. The molecule has 0 radical (unpaired) electrons. The summed E-state index contributed by atoms with van der Waals surface area (Å²) in [6, 6.07) is 7.02. The second kappa shape index (κ2) is 5.34. The molecule has 1 N–H and O–H groups in total. The van der Waals surface area contributed by atoms with Crippen molar-refractivity contribution in [2.45, 2.75) is 19.1 Å². The van der Waals surface area contributed by atoms with E-state index in [1.54, 1.807) is 12.1 Å². The molecule has 0 unspecified atom stereocenters. The van der Waals surface area contributed by atoms with Gasteiger partial charge in [-0.25, -0.2) is 8.78 Å². The second-order valence-corrected chi connectivity index (χ2v) is 5.04. The van der Waals surface area contributed by atoms with Crippen LogP contribution < -0.4 is 0 Å². The standard InChI is InChI=1S/C15H15F2NO2/c16-12-2-1-3-13(17)15(12)14-5-4-11(20-14)9-18-7-6-10(19)8-18/h1-5,10,19H,6-9H2/t10-/m0/s1. The van der Waals surface area contributed by atoms with E-state index in [-0.39, 0.29) is 17.4 Å². The fourth-order valence-electron chi connectivity index (χ4n) is 2.51. The van der Waals surface area contributed by atoms with Crippen molar-refractivity contribution >= 4 is 0 Å². The molecule has 1 atom stereocenters. The van der Waals surface area contributed by atoms with E-state index in [0.29, 0.717) is 18.8 Å². The number of β-amino-alcohol motifs (C(OH)–C–C–N with tert-alkyl or cyclic N) is 1. The third kappa shape index (κ3) is 2.59. The molecule has 1 saturated heterocycles. The lowest BCUT2D eigenvalue weighted by Gasteiger charge is -2.12. The molecule has 1 aliphatic rings. The molecule has 2 heterocycles. The van der Waals surface area contributed by atoms with Crippen LogP contribution in [0.5, 0.6) is 0 Å². The zero-order chi connectivity index (χ0) is 14.1. The lowest BCUT2D eigenvalue weighted by atomic mass is 10.1. The number of aliphatic hydroxyl groups is 1. The topological polar surface area (TPSA) is 36.6 Å². The van der Waals surface area contributed by atoms with Crippen molar-refractivity contribution in [3.05, 3.63) is 47.7 Å². The van der Waals surface area contributed by atoms with Gasteiger partial charge in [-0.05, 0) is 30.7 Å². The summed E-state index contributed by atoms with van der Waals surface area (Å²) in [7, 11) is 0. The van der Waals surface area contributed by atoms with Crippen molar-refractivity contribution in [3.63, 3.8) is 0 Å². The first-order valence-electron chi connectivity index (χ1n) is 6.57. The molecular formula is C15H15F2NO2. The monoisotopic (exact) mass is 279 g/mol. The highest BCUT2D eigenvalue weighted by Crippen LogP contribution is 2.28. The van der Waals surface area contributed by atoms with Gasteiger partial charge in [0.2, 0.25) is 0 Å². The minimum absolute atomic E-state index is 0.139. The van der Waals surface area contributed by atoms with E-state index in [1.165, 1.54) is 18.2 Å². The Morgan fingerprint density at radius 1 is 1.20 bits per heavy atom. The minimum Gasteiger partial charge on any atom is -0.460 e. The smallest absolute Gasteiger partial charge is 0.140 e. The normalized spacial score (nSPS) is 19.6. The highest BCUT2D eigenvalue weighted by molar-refractivity contribution is 5.59. The minimum atomic E-state index is -0.637. The van der Waals surface area contributed by atoms with Crippen molar-refractivity contribution < 1.29 is 18.3 Å². The van der Waals surface area contributed by atoms with E-state index in [9.17, 15) is 13.9 Å². The Labute approximate surface area is 115 Å². The Bertz CT molecular complexity index is 591. The summed E-state index contributed by atoms with van der Waals surface area (Å²) in [5.74, 6) is -0.447. The number of halogens is 2. The predicted octanol–water partition coefficient (Wildman–Crippen LogP) is 2.79. The number of furan rings is 1. The highest BCUT2D eigenvalue weighted by Gasteiger charge is 2.22. The van der Waals surface area contributed by atoms with Gasteiger partial charge in [0.25, 0.3) is 0 Å². The largest absolute Gasteiger partial charge is 0.460 e. The molecule has 1 aromatic carbocycles. The number of nitrogens with zero attached hydrogens (tertiary/aromatic N) is 1. The molecule has 3 rings (SSSR count). The molecule has 0 spiro atoms. The summed E-state index contributed by atoms with van der Waals surface area (Å²) in [5.41, 5.74) is -0.139. The maximum Gasteiger partial charge on any atom is 0.140 e. The quantitative estimate of drug-likeness (QED) is 0.938. The molecule has 0 aliphatic carbocycles. The van der Waals surface area contributed by atoms with Gasteiger partial charge >= 0.3 is 0 Å². The Kier molecular flexibility index (Phi) is 3.54. The first-order chi connectivity index (χ1) is 9.63. The van der Waals surface area contributed by atoms with Crippen LogP contribution in [0.1, 0.15) is 12.2 Å². The Morgan fingerprint density at radius 2 is 1.95 bits per heavy atom. The average Bonchev–Trinajstić information content (AvgIpc) is 3.00. The number of aliphatic hydroxyl groups excluding tert-OH is 1. The van der Waals surface area contributed by atoms with E-state index in [4.69, 9.17) is 4.42 Å². The zero-order valence-corrected chi connectivity index (χ0v) is 10.9. The fourth-order valence-corrected chi connectivity index (χ4v) is 2.51. The van der Waals surface area contributed by atoms with E-state index in [2.05, 4.69) is 0 Å².